The molecule has 0 radical (unpaired) electrons. The van der Waals surface area contributed by atoms with E-state index in [0.29, 0.717) is 17.5 Å². The molecule has 128 valence electrons. The van der Waals surface area contributed by atoms with Crippen molar-refractivity contribution in [2.75, 3.05) is 5.32 Å². The van der Waals surface area contributed by atoms with Gasteiger partial charge in [0.15, 0.2) is 5.82 Å². The largest absolute Gasteiger partial charge is 0.360 e. The van der Waals surface area contributed by atoms with Gasteiger partial charge in [0.05, 0.1) is 10.8 Å². The van der Waals surface area contributed by atoms with E-state index in [1.165, 1.54) is 11.8 Å². The predicted molar refractivity (Wildman–Crippen MR) is 96.7 cm³/mol. The Kier molecular flexibility index (Phi) is 4.17. The molecule has 1 saturated carbocycles. The molecule has 1 aliphatic rings. The minimum atomic E-state index is -0.317. The van der Waals surface area contributed by atoms with Crippen LogP contribution in [0.4, 0.5) is 5.82 Å². The van der Waals surface area contributed by atoms with Crippen molar-refractivity contribution in [2.24, 2.45) is 0 Å². The number of amides is 1. The third-order valence-corrected chi connectivity index (χ3v) is 5.17. The number of para-hydroxylation sites is 1. The second-order valence-corrected chi connectivity index (χ2v) is 7.58. The summed E-state index contributed by atoms with van der Waals surface area (Å²) in [5, 5.41) is 8.09. The molecule has 6 nitrogen and oxygen atoms in total. The Balaban J connectivity index is 1.57. The number of thioether (sulfide) groups is 1. The highest BCUT2D eigenvalue weighted by atomic mass is 32.2. The Bertz CT molecular complexity index is 936. The lowest BCUT2D eigenvalue weighted by Gasteiger charge is -2.12. The molecule has 1 aliphatic carbocycles. The van der Waals surface area contributed by atoms with Crippen LogP contribution in [0.2, 0.25) is 0 Å². The normalized spacial score (nSPS) is 15.3. The number of aryl methyl sites for hydroxylation is 1. The number of nitrogens with zero attached hydrogens (tertiary/aromatic N) is 3. The van der Waals surface area contributed by atoms with Crippen LogP contribution in [0.15, 0.2) is 39.9 Å². The summed E-state index contributed by atoms with van der Waals surface area (Å²) in [5.74, 6) is 2.31. The lowest BCUT2D eigenvalue weighted by Crippen LogP contribution is -2.22. The number of fused-ring (bicyclic) bond motifs is 1. The fourth-order valence-corrected chi connectivity index (χ4v) is 3.50. The molecule has 0 spiro atoms. The first-order chi connectivity index (χ1) is 12.1. The zero-order valence-corrected chi connectivity index (χ0v) is 14.8. The van der Waals surface area contributed by atoms with E-state index in [-0.39, 0.29) is 11.2 Å². The lowest BCUT2D eigenvalue weighted by atomic mass is 10.2. The number of hydrogen-bond acceptors (Lipinski definition) is 6. The zero-order chi connectivity index (χ0) is 17.4. The van der Waals surface area contributed by atoms with Gasteiger partial charge in [0, 0.05) is 17.4 Å². The topological polar surface area (TPSA) is 80.9 Å². The number of carbonyl (C=O) groups is 1. The van der Waals surface area contributed by atoms with Gasteiger partial charge in [-0.2, -0.15) is 0 Å². The SMILES string of the molecule is Cc1cc(NC(=O)[C@@H](C)Sc2nc(C3CC3)nc3ccccc23)no1. The monoisotopic (exact) mass is 354 g/mol. The fourth-order valence-electron chi connectivity index (χ4n) is 2.55. The number of hydrogen-bond donors (Lipinski definition) is 1. The molecular weight excluding hydrogens is 336 g/mol. The molecule has 1 N–H and O–H groups in total. The molecule has 2 aromatic heterocycles. The van der Waals surface area contributed by atoms with E-state index in [2.05, 4.69) is 15.5 Å². The minimum Gasteiger partial charge on any atom is -0.360 e. The average molecular weight is 354 g/mol. The van der Waals surface area contributed by atoms with Crippen molar-refractivity contribution in [3.63, 3.8) is 0 Å². The predicted octanol–water partition coefficient (Wildman–Crippen LogP) is 3.92. The molecule has 1 atom stereocenters. The van der Waals surface area contributed by atoms with Crippen LogP contribution >= 0.6 is 11.8 Å². The summed E-state index contributed by atoms with van der Waals surface area (Å²) in [6, 6.07) is 9.63. The van der Waals surface area contributed by atoms with E-state index in [1.54, 1.807) is 13.0 Å². The van der Waals surface area contributed by atoms with Crippen molar-refractivity contribution in [1.82, 2.24) is 15.1 Å². The molecular formula is C18H18N4O2S. The van der Waals surface area contributed by atoms with Gasteiger partial charge in [-0.15, -0.1) is 0 Å². The summed E-state index contributed by atoms with van der Waals surface area (Å²) in [4.78, 5) is 21.8. The highest BCUT2D eigenvalue weighted by Gasteiger charge is 2.28. The molecule has 0 unspecified atom stereocenters. The van der Waals surface area contributed by atoms with Crippen molar-refractivity contribution in [3.8, 4) is 0 Å². The Morgan fingerprint density at radius 3 is 2.84 bits per heavy atom. The van der Waals surface area contributed by atoms with Gasteiger partial charge in [-0.1, -0.05) is 35.1 Å². The summed E-state index contributed by atoms with van der Waals surface area (Å²) in [5.41, 5.74) is 0.932. The van der Waals surface area contributed by atoms with E-state index >= 15 is 0 Å². The molecule has 0 saturated heterocycles. The van der Waals surface area contributed by atoms with E-state index in [4.69, 9.17) is 9.51 Å². The lowest BCUT2D eigenvalue weighted by molar-refractivity contribution is -0.115. The molecule has 2 heterocycles. The number of benzene rings is 1. The third kappa shape index (κ3) is 3.51. The van der Waals surface area contributed by atoms with Gasteiger partial charge < -0.3 is 9.84 Å². The van der Waals surface area contributed by atoms with Crippen LogP contribution in [0.1, 0.15) is 37.3 Å². The van der Waals surface area contributed by atoms with Crippen LogP contribution < -0.4 is 5.32 Å². The van der Waals surface area contributed by atoms with Crippen molar-refractivity contribution >= 4 is 34.4 Å². The van der Waals surface area contributed by atoms with Gasteiger partial charge in [-0.3, -0.25) is 4.79 Å². The van der Waals surface area contributed by atoms with Crippen LogP contribution in [0.3, 0.4) is 0 Å². The van der Waals surface area contributed by atoms with Crippen molar-refractivity contribution in [1.29, 1.82) is 0 Å². The second-order valence-electron chi connectivity index (χ2n) is 6.25. The smallest absolute Gasteiger partial charge is 0.238 e. The van der Waals surface area contributed by atoms with Crippen LogP contribution in [0.5, 0.6) is 0 Å². The number of nitrogens with one attached hydrogen (secondary N) is 1. The van der Waals surface area contributed by atoms with E-state index < -0.39 is 0 Å². The van der Waals surface area contributed by atoms with Crippen LogP contribution in [-0.2, 0) is 4.79 Å². The maximum atomic E-state index is 12.4. The summed E-state index contributed by atoms with van der Waals surface area (Å²) >= 11 is 1.45. The Labute approximate surface area is 149 Å². The number of rotatable bonds is 5. The first-order valence-electron chi connectivity index (χ1n) is 8.27. The number of aromatic nitrogens is 3. The summed E-state index contributed by atoms with van der Waals surface area (Å²) in [6.45, 7) is 3.65. The summed E-state index contributed by atoms with van der Waals surface area (Å²) in [7, 11) is 0. The maximum absolute atomic E-state index is 12.4. The standard InChI is InChI=1S/C18H18N4O2S/c1-10-9-15(22-24-10)20-17(23)11(2)25-18-13-5-3-4-6-14(13)19-16(21-18)12-7-8-12/h3-6,9,11-12H,7-8H2,1-2H3,(H,20,22,23)/t11-/m1/s1. The van der Waals surface area contributed by atoms with Crippen LogP contribution in [-0.4, -0.2) is 26.3 Å². The molecule has 0 aliphatic heterocycles. The van der Waals surface area contributed by atoms with Crippen molar-refractivity contribution in [2.45, 2.75) is 42.9 Å². The van der Waals surface area contributed by atoms with Crippen molar-refractivity contribution in [3.05, 3.63) is 41.9 Å². The molecule has 4 rings (SSSR count). The van der Waals surface area contributed by atoms with Crippen LogP contribution in [0, 0.1) is 6.92 Å². The van der Waals surface area contributed by atoms with Gasteiger partial charge in [0.1, 0.15) is 16.6 Å². The Morgan fingerprint density at radius 2 is 2.12 bits per heavy atom. The van der Waals surface area contributed by atoms with Gasteiger partial charge in [-0.05, 0) is 32.8 Å². The van der Waals surface area contributed by atoms with Gasteiger partial charge in [0.2, 0.25) is 5.91 Å². The fraction of sp³-hybridized carbons (Fsp3) is 0.333. The highest BCUT2D eigenvalue weighted by Crippen LogP contribution is 2.40. The molecule has 1 aromatic carbocycles. The van der Waals surface area contributed by atoms with Crippen LogP contribution in [0.25, 0.3) is 10.9 Å². The maximum Gasteiger partial charge on any atom is 0.238 e. The zero-order valence-electron chi connectivity index (χ0n) is 14.0. The minimum absolute atomic E-state index is 0.131. The third-order valence-electron chi connectivity index (χ3n) is 4.06. The van der Waals surface area contributed by atoms with Gasteiger partial charge >= 0.3 is 0 Å². The molecule has 25 heavy (non-hydrogen) atoms. The number of anilines is 1. The van der Waals surface area contributed by atoms with Gasteiger partial charge in [-0.25, -0.2) is 9.97 Å². The highest BCUT2D eigenvalue weighted by molar-refractivity contribution is 8.00. The Hall–Kier alpha value is -2.41. The summed E-state index contributed by atoms with van der Waals surface area (Å²) in [6.07, 6.45) is 2.29. The first-order valence-corrected chi connectivity index (χ1v) is 9.15. The van der Waals surface area contributed by atoms with E-state index in [0.717, 1.165) is 34.6 Å². The molecule has 1 fully saturated rings. The Morgan fingerprint density at radius 1 is 1.32 bits per heavy atom. The molecule has 1 amide bonds. The summed E-state index contributed by atoms with van der Waals surface area (Å²) < 4.78 is 4.98. The number of carbonyl (C=O) groups excluding carboxylic acids is 1. The molecule has 7 heteroatoms. The second kappa shape index (κ2) is 6.48. The van der Waals surface area contributed by atoms with Crippen molar-refractivity contribution < 1.29 is 9.32 Å². The quantitative estimate of drug-likeness (QED) is 0.552. The van der Waals surface area contributed by atoms with E-state index in [1.807, 2.05) is 31.2 Å². The first kappa shape index (κ1) is 16.1. The average Bonchev–Trinajstić information content (AvgIpc) is 3.38. The molecule has 0 bridgehead atoms. The molecule has 3 aromatic rings. The van der Waals surface area contributed by atoms with E-state index in [9.17, 15) is 4.79 Å². The van der Waals surface area contributed by atoms with Gasteiger partial charge in [0.25, 0.3) is 0 Å².